The molecule has 0 bridgehead atoms. The molecular formula is C13H22N2S. The fourth-order valence-electron chi connectivity index (χ4n) is 1.82. The van der Waals surface area contributed by atoms with Gasteiger partial charge in [-0.3, -0.25) is 0 Å². The van der Waals surface area contributed by atoms with Gasteiger partial charge in [0.25, 0.3) is 0 Å². The van der Waals surface area contributed by atoms with Gasteiger partial charge in [-0.15, -0.1) is 0 Å². The first kappa shape index (κ1) is 13.2. The van der Waals surface area contributed by atoms with Gasteiger partial charge >= 0.3 is 0 Å². The van der Waals surface area contributed by atoms with Crippen LogP contribution in [0.5, 0.6) is 0 Å². The van der Waals surface area contributed by atoms with E-state index >= 15 is 0 Å². The number of rotatable bonds is 6. The molecule has 0 heterocycles. The van der Waals surface area contributed by atoms with Gasteiger partial charge < -0.3 is 10.2 Å². The van der Waals surface area contributed by atoms with Crippen molar-refractivity contribution in [2.45, 2.75) is 20.8 Å². The van der Waals surface area contributed by atoms with Crippen molar-refractivity contribution in [2.75, 3.05) is 35.6 Å². The quantitative estimate of drug-likeness (QED) is 0.740. The normalized spacial score (nSPS) is 10.2. The molecule has 0 amide bonds. The molecule has 0 spiro atoms. The summed E-state index contributed by atoms with van der Waals surface area (Å²) in [5.41, 5.74) is 3.81. The Morgan fingerprint density at radius 1 is 1.25 bits per heavy atom. The van der Waals surface area contributed by atoms with Gasteiger partial charge in [0.15, 0.2) is 0 Å². The summed E-state index contributed by atoms with van der Waals surface area (Å²) >= 11 is 4.20. The number of anilines is 2. The maximum atomic E-state index is 4.20. The standard InChI is InChI=1S/C13H22N2S/c1-4-15(5-2)12-6-7-13(11(3)10-12)14-8-9-16/h6-7,10,14,16H,4-5,8-9H2,1-3H3. The molecule has 16 heavy (non-hydrogen) atoms. The molecule has 3 heteroatoms. The van der Waals surface area contributed by atoms with Crippen LogP contribution in [0.4, 0.5) is 11.4 Å². The lowest BCUT2D eigenvalue weighted by Gasteiger charge is -2.22. The van der Waals surface area contributed by atoms with E-state index < -0.39 is 0 Å². The van der Waals surface area contributed by atoms with Gasteiger partial charge in [0.2, 0.25) is 0 Å². The highest BCUT2D eigenvalue weighted by molar-refractivity contribution is 7.80. The minimum absolute atomic E-state index is 0.858. The molecule has 0 unspecified atom stereocenters. The zero-order chi connectivity index (χ0) is 12.0. The van der Waals surface area contributed by atoms with Gasteiger partial charge in [0.1, 0.15) is 0 Å². The van der Waals surface area contributed by atoms with Gasteiger partial charge in [-0.2, -0.15) is 12.6 Å². The van der Waals surface area contributed by atoms with Gasteiger partial charge in [-0.25, -0.2) is 0 Å². The predicted octanol–water partition coefficient (Wildman–Crippen LogP) is 3.18. The summed E-state index contributed by atoms with van der Waals surface area (Å²) in [6, 6.07) is 6.58. The molecule has 1 aromatic rings. The first-order valence-corrected chi connectivity index (χ1v) is 6.56. The lowest BCUT2D eigenvalue weighted by atomic mass is 10.1. The Labute approximate surface area is 104 Å². The van der Waals surface area contributed by atoms with Crippen LogP contribution in [0.25, 0.3) is 0 Å². The highest BCUT2D eigenvalue weighted by atomic mass is 32.1. The Kier molecular flexibility index (Phi) is 5.53. The number of aryl methyl sites for hydroxylation is 1. The zero-order valence-electron chi connectivity index (χ0n) is 10.5. The summed E-state index contributed by atoms with van der Waals surface area (Å²) in [6.07, 6.45) is 0. The molecule has 0 aliphatic carbocycles. The summed E-state index contributed by atoms with van der Waals surface area (Å²) in [5, 5.41) is 3.37. The molecule has 1 aromatic carbocycles. The van der Waals surface area contributed by atoms with Crippen LogP contribution in [0.2, 0.25) is 0 Å². The molecule has 0 aromatic heterocycles. The van der Waals surface area contributed by atoms with Crippen LogP contribution >= 0.6 is 12.6 Å². The second-order valence-electron chi connectivity index (χ2n) is 3.82. The van der Waals surface area contributed by atoms with Gasteiger partial charge in [0.05, 0.1) is 0 Å². The monoisotopic (exact) mass is 238 g/mol. The van der Waals surface area contributed by atoms with E-state index in [0.29, 0.717) is 0 Å². The molecule has 0 fully saturated rings. The summed E-state index contributed by atoms with van der Waals surface area (Å²) in [4.78, 5) is 2.36. The Bertz CT molecular complexity index is 322. The average Bonchev–Trinajstić information content (AvgIpc) is 2.29. The number of hydrogen-bond donors (Lipinski definition) is 2. The van der Waals surface area contributed by atoms with E-state index in [-0.39, 0.29) is 0 Å². The van der Waals surface area contributed by atoms with Crippen LogP contribution in [0.15, 0.2) is 18.2 Å². The second-order valence-corrected chi connectivity index (χ2v) is 4.27. The number of hydrogen-bond acceptors (Lipinski definition) is 3. The summed E-state index contributed by atoms with van der Waals surface area (Å²) in [5.74, 6) is 0.858. The van der Waals surface area contributed by atoms with Crippen LogP contribution in [0, 0.1) is 6.92 Å². The number of nitrogens with zero attached hydrogens (tertiary/aromatic N) is 1. The van der Waals surface area contributed by atoms with E-state index in [0.717, 1.165) is 25.4 Å². The molecule has 0 aliphatic rings. The molecule has 1 rings (SSSR count). The molecule has 0 aliphatic heterocycles. The third-order valence-electron chi connectivity index (χ3n) is 2.77. The van der Waals surface area contributed by atoms with E-state index in [1.54, 1.807) is 0 Å². The van der Waals surface area contributed by atoms with Crippen molar-refractivity contribution in [2.24, 2.45) is 0 Å². The van der Waals surface area contributed by atoms with Crippen molar-refractivity contribution >= 4 is 24.0 Å². The predicted molar refractivity (Wildman–Crippen MR) is 77.1 cm³/mol. The number of benzene rings is 1. The fraction of sp³-hybridized carbons (Fsp3) is 0.538. The second kappa shape index (κ2) is 6.69. The number of thiol groups is 1. The first-order chi connectivity index (χ1) is 7.72. The lowest BCUT2D eigenvalue weighted by Crippen LogP contribution is -2.21. The molecule has 0 saturated carbocycles. The first-order valence-electron chi connectivity index (χ1n) is 5.93. The summed E-state index contributed by atoms with van der Waals surface area (Å²) < 4.78 is 0. The van der Waals surface area contributed by atoms with E-state index in [1.165, 1.54) is 16.9 Å². The highest BCUT2D eigenvalue weighted by Gasteiger charge is 2.04. The Morgan fingerprint density at radius 2 is 1.94 bits per heavy atom. The third kappa shape index (κ3) is 3.34. The Balaban J connectivity index is 2.81. The van der Waals surface area contributed by atoms with Gasteiger partial charge in [-0.1, -0.05) is 0 Å². The molecule has 0 radical (unpaired) electrons. The maximum absolute atomic E-state index is 4.20. The lowest BCUT2D eigenvalue weighted by molar-refractivity contribution is 0.865. The smallest absolute Gasteiger partial charge is 0.0371 e. The third-order valence-corrected chi connectivity index (χ3v) is 2.99. The van der Waals surface area contributed by atoms with Gasteiger partial charge in [-0.05, 0) is 44.5 Å². The largest absolute Gasteiger partial charge is 0.384 e. The molecule has 90 valence electrons. The topological polar surface area (TPSA) is 15.3 Å². The number of nitrogens with one attached hydrogen (secondary N) is 1. The molecule has 1 N–H and O–H groups in total. The summed E-state index contributed by atoms with van der Waals surface area (Å²) in [7, 11) is 0. The van der Waals surface area contributed by atoms with Crippen LogP contribution in [0.1, 0.15) is 19.4 Å². The van der Waals surface area contributed by atoms with E-state index in [9.17, 15) is 0 Å². The Hall–Kier alpha value is -0.830. The SMILES string of the molecule is CCN(CC)c1ccc(NCCS)c(C)c1. The van der Waals surface area contributed by atoms with E-state index in [4.69, 9.17) is 0 Å². The van der Waals surface area contributed by atoms with Gasteiger partial charge in [0, 0.05) is 36.8 Å². The van der Waals surface area contributed by atoms with Crippen molar-refractivity contribution in [3.05, 3.63) is 23.8 Å². The maximum Gasteiger partial charge on any atom is 0.0371 e. The van der Waals surface area contributed by atoms with Crippen LogP contribution in [0.3, 0.4) is 0 Å². The van der Waals surface area contributed by atoms with Crippen molar-refractivity contribution < 1.29 is 0 Å². The minimum atomic E-state index is 0.858. The zero-order valence-corrected chi connectivity index (χ0v) is 11.3. The minimum Gasteiger partial charge on any atom is -0.384 e. The molecule has 0 atom stereocenters. The highest BCUT2D eigenvalue weighted by Crippen LogP contribution is 2.22. The average molecular weight is 238 g/mol. The van der Waals surface area contributed by atoms with Crippen molar-refractivity contribution in [3.63, 3.8) is 0 Å². The molecular weight excluding hydrogens is 216 g/mol. The van der Waals surface area contributed by atoms with Crippen molar-refractivity contribution in [1.82, 2.24) is 0 Å². The fourth-order valence-corrected chi connectivity index (χ4v) is 1.93. The van der Waals surface area contributed by atoms with Crippen molar-refractivity contribution in [3.8, 4) is 0 Å². The van der Waals surface area contributed by atoms with E-state index in [2.05, 4.69) is 61.8 Å². The van der Waals surface area contributed by atoms with Crippen LogP contribution in [-0.4, -0.2) is 25.4 Å². The van der Waals surface area contributed by atoms with Crippen LogP contribution < -0.4 is 10.2 Å². The molecule has 2 nitrogen and oxygen atoms in total. The van der Waals surface area contributed by atoms with E-state index in [1.807, 2.05) is 0 Å². The van der Waals surface area contributed by atoms with Crippen LogP contribution in [-0.2, 0) is 0 Å². The molecule has 0 saturated heterocycles. The Morgan fingerprint density at radius 3 is 2.44 bits per heavy atom. The summed E-state index contributed by atoms with van der Waals surface area (Å²) in [6.45, 7) is 9.54. The van der Waals surface area contributed by atoms with Crippen molar-refractivity contribution in [1.29, 1.82) is 0 Å².